The van der Waals surface area contributed by atoms with Crippen LogP contribution in [0.1, 0.15) is 54.3 Å². The fourth-order valence-electron chi connectivity index (χ4n) is 3.58. The Bertz CT molecular complexity index is 851. The smallest absolute Gasteiger partial charge is 0.253 e. The van der Waals surface area contributed by atoms with Gasteiger partial charge in [0.2, 0.25) is 5.91 Å². The molecule has 1 fully saturated rings. The highest BCUT2D eigenvalue weighted by Gasteiger charge is 2.23. The Hall–Kier alpha value is -2.06. The lowest BCUT2D eigenvalue weighted by Crippen LogP contribution is -2.37. The Labute approximate surface area is 180 Å². The van der Waals surface area contributed by atoms with Crippen LogP contribution in [-0.4, -0.2) is 45.9 Å². The molecule has 2 amide bonds. The topological polar surface area (TPSA) is 88.9 Å². The fraction of sp³-hybridized carbons (Fsp3) is 0.500. The first-order chi connectivity index (χ1) is 14.1. The molecule has 3 rings (SSSR count). The van der Waals surface area contributed by atoms with Gasteiger partial charge in [-0.3, -0.25) is 9.59 Å². The van der Waals surface area contributed by atoms with Crippen molar-refractivity contribution in [2.24, 2.45) is 0 Å². The average molecular weight is 436 g/mol. The van der Waals surface area contributed by atoms with E-state index in [0.29, 0.717) is 23.2 Å². The molecule has 29 heavy (non-hydrogen) atoms. The highest BCUT2D eigenvalue weighted by atomic mass is 35.5. The normalized spacial score (nSPS) is 14.1. The van der Waals surface area contributed by atoms with Crippen molar-refractivity contribution in [3.8, 4) is 0 Å². The molecule has 7 nitrogen and oxygen atoms in total. The van der Waals surface area contributed by atoms with Gasteiger partial charge in [-0.25, -0.2) is 0 Å². The summed E-state index contributed by atoms with van der Waals surface area (Å²) in [6, 6.07) is 7.24. The van der Waals surface area contributed by atoms with Crippen LogP contribution in [0, 0.1) is 0 Å². The van der Waals surface area contributed by atoms with Crippen molar-refractivity contribution in [1.29, 1.82) is 0 Å². The van der Waals surface area contributed by atoms with Gasteiger partial charge in [-0.1, -0.05) is 48.3 Å². The van der Waals surface area contributed by atoms with Gasteiger partial charge in [0, 0.05) is 19.0 Å². The Morgan fingerprint density at radius 3 is 2.69 bits per heavy atom. The third-order valence-electron chi connectivity index (χ3n) is 5.03. The first-order valence-electron chi connectivity index (χ1n) is 9.87. The largest absolute Gasteiger partial charge is 0.355 e. The number of carbonyl (C=O) groups excluding carboxylic acids is 2. The predicted molar refractivity (Wildman–Crippen MR) is 114 cm³/mol. The number of hydrogen-bond donors (Lipinski definition) is 2. The molecule has 0 bridgehead atoms. The number of hydrogen-bond acceptors (Lipinski definition) is 5. The van der Waals surface area contributed by atoms with Crippen LogP contribution in [0.15, 0.2) is 29.4 Å². The Morgan fingerprint density at radius 1 is 1.21 bits per heavy atom. The van der Waals surface area contributed by atoms with Crippen molar-refractivity contribution >= 4 is 35.2 Å². The summed E-state index contributed by atoms with van der Waals surface area (Å²) in [5.74, 6) is 0.398. The zero-order valence-electron chi connectivity index (χ0n) is 16.5. The van der Waals surface area contributed by atoms with E-state index in [2.05, 4.69) is 25.4 Å². The van der Waals surface area contributed by atoms with Gasteiger partial charge in [0.1, 0.15) is 5.82 Å². The van der Waals surface area contributed by atoms with Crippen LogP contribution in [0.5, 0.6) is 0 Å². The molecule has 156 valence electrons. The average Bonchev–Trinajstić information content (AvgIpc) is 3.39. The number of nitrogens with one attached hydrogen (secondary N) is 2. The summed E-state index contributed by atoms with van der Waals surface area (Å²) in [6.45, 7) is 0.436. The van der Waals surface area contributed by atoms with Crippen molar-refractivity contribution in [3.63, 3.8) is 0 Å². The maximum atomic E-state index is 12.1. The van der Waals surface area contributed by atoms with E-state index in [1.54, 1.807) is 36.0 Å². The summed E-state index contributed by atoms with van der Waals surface area (Å²) in [5, 5.41) is 15.4. The minimum atomic E-state index is -0.361. The van der Waals surface area contributed by atoms with E-state index >= 15 is 0 Å². The number of rotatable bonds is 9. The molecule has 0 aliphatic heterocycles. The fourth-order valence-corrected chi connectivity index (χ4v) is 4.38. The molecule has 0 unspecified atom stereocenters. The third kappa shape index (κ3) is 5.73. The summed E-state index contributed by atoms with van der Waals surface area (Å²) in [5.41, 5.74) is 0.359. The van der Waals surface area contributed by atoms with Gasteiger partial charge in [0.25, 0.3) is 5.91 Å². The molecule has 0 atom stereocenters. The van der Waals surface area contributed by atoms with E-state index < -0.39 is 0 Å². The van der Waals surface area contributed by atoms with Crippen molar-refractivity contribution < 1.29 is 9.59 Å². The summed E-state index contributed by atoms with van der Waals surface area (Å²) >= 11 is 7.62. The van der Waals surface area contributed by atoms with Gasteiger partial charge in [-0.05, 0) is 37.7 Å². The maximum absolute atomic E-state index is 12.1. The van der Waals surface area contributed by atoms with Crippen molar-refractivity contribution in [1.82, 2.24) is 25.4 Å². The lowest BCUT2D eigenvalue weighted by Gasteiger charge is -2.16. The summed E-state index contributed by atoms with van der Waals surface area (Å²) < 4.78 is 2.28. The van der Waals surface area contributed by atoms with Crippen LogP contribution < -0.4 is 10.6 Å². The van der Waals surface area contributed by atoms with Crippen LogP contribution in [-0.2, 0) is 11.2 Å². The highest BCUT2D eigenvalue weighted by Crippen LogP contribution is 2.33. The van der Waals surface area contributed by atoms with E-state index in [9.17, 15) is 9.59 Å². The number of thioether (sulfide) groups is 1. The molecule has 2 aromatic rings. The van der Waals surface area contributed by atoms with E-state index in [1.165, 1.54) is 25.7 Å². The van der Waals surface area contributed by atoms with Crippen molar-refractivity contribution in [2.45, 2.75) is 49.7 Å². The minimum Gasteiger partial charge on any atom is -0.355 e. The Balaban J connectivity index is 1.41. The molecule has 0 radical (unpaired) electrons. The zero-order chi connectivity index (χ0) is 20.6. The molecule has 1 saturated carbocycles. The van der Waals surface area contributed by atoms with Gasteiger partial charge in [-0.15, -0.1) is 10.2 Å². The molecule has 1 aromatic carbocycles. The number of carbonyl (C=O) groups is 2. The van der Waals surface area contributed by atoms with E-state index in [4.69, 9.17) is 11.6 Å². The Kier molecular flexibility index (Phi) is 7.94. The summed E-state index contributed by atoms with van der Waals surface area (Å²) in [7, 11) is 0. The molecule has 2 N–H and O–H groups in total. The first-order valence-corrected chi connectivity index (χ1v) is 11.5. The molecule has 0 saturated heterocycles. The van der Waals surface area contributed by atoms with Gasteiger partial charge >= 0.3 is 0 Å². The molecule has 1 aromatic heterocycles. The number of benzene rings is 1. The Morgan fingerprint density at radius 2 is 1.97 bits per heavy atom. The number of aryl methyl sites for hydroxylation is 1. The molecule has 1 aliphatic carbocycles. The van der Waals surface area contributed by atoms with E-state index in [0.717, 1.165) is 23.8 Å². The van der Waals surface area contributed by atoms with E-state index in [1.807, 2.05) is 6.26 Å². The SMILES string of the molecule is CSc1nnc(CCCNC(=O)CNC(=O)c2ccccc2Cl)n1C1CCCC1. The van der Waals surface area contributed by atoms with E-state index in [-0.39, 0.29) is 18.4 Å². The first kappa shape index (κ1) is 21.6. The maximum Gasteiger partial charge on any atom is 0.253 e. The molecule has 1 aliphatic rings. The van der Waals surface area contributed by atoms with Gasteiger partial charge in [-0.2, -0.15) is 0 Å². The van der Waals surface area contributed by atoms with Crippen LogP contribution in [0.2, 0.25) is 5.02 Å². The third-order valence-corrected chi connectivity index (χ3v) is 6.01. The van der Waals surface area contributed by atoms with Gasteiger partial charge < -0.3 is 15.2 Å². The number of nitrogens with zero attached hydrogens (tertiary/aromatic N) is 3. The molecule has 0 spiro atoms. The second-order valence-electron chi connectivity index (χ2n) is 7.03. The standard InChI is InChI=1S/C20H26ClN5O2S/c1-29-20-25-24-17(26(20)14-7-2-3-8-14)11-6-12-22-18(27)13-23-19(28)15-9-4-5-10-16(15)21/h4-5,9-10,14H,2-3,6-8,11-13H2,1H3,(H,22,27)(H,23,28). The summed E-state index contributed by atoms with van der Waals surface area (Å²) in [4.78, 5) is 24.1. The van der Waals surface area contributed by atoms with Crippen LogP contribution in [0.3, 0.4) is 0 Å². The molecular weight excluding hydrogens is 410 g/mol. The van der Waals surface area contributed by atoms with Crippen LogP contribution in [0.4, 0.5) is 0 Å². The highest BCUT2D eigenvalue weighted by molar-refractivity contribution is 7.98. The molecule has 1 heterocycles. The summed E-state index contributed by atoms with van der Waals surface area (Å²) in [6.07, 6.45) is 8.43. The lowest BCUT2D eigenvalue weighted by atomic mass is 10.2. The molecular formula is C20H26ClN5O2S. The second kappa shape index (κ2) is 10.6. The quantitative estimate of drug-likeness (QED) is 0.466. The van der Waals surface area contributed by atoms with Crippen molar-refractivity contribution in [2.75, 3.05) is 19.3 Å². The monoisotopic (exact) mass is 435 g/mol. The predicted octanol–water partition coefficient (Wildman–Crippen LogP) is 3.25. The lowest BCUT2D eigenvalue weighted by molar-refractivity contribution is -0.120. The molecule has 9 heteroatoms. The van der Waals surface area contributed by atoms with Gasteiger partial charge in [0.15, 0.2) is 5.16 Å². The van der Waals surface area contributed by atoms with Crippen LogP contribution in [0.25, 0.3) is 0 Å². The van der Waals surface area contributed by atoms with Crippen molar-refractivity contribution in [3.05, 3.63) is 40.7 Å². The number of amides is 2. The number of aromatic nitrogens is 3. The van der Waals surface area contributed by atoms with Gasteiger partial charge in [0.05, 0.1) is 17.1 Å². The zero-order valence-corrected chi connectivity index (χ0v) is 18.1. The minimum absolute atomic E-state index is 0.0844. The second-order valence-corrected chi connectivity index (χ2v) is 8.21. The van der Waals surface area contributed by atoms with Crippen LogP contribution >= 0.6 is 23.4 Å². The number of halogens is 1.